The molecule has 6 heteroatoms. The Hall–Kier alpha value is -0.360. The molecule has 1 saturated carbocycles. The summed E-state index contributed by atoms with van der Waals surface area (Å²) in [4.78, 5) is 7.11. The number of hydrogen-bond acceptors (Lipinski definition) is 5. The molecule has 0 aliphatic heterocycles. The van der Waals surface area contributed by atoms with Gasteiger partial charge in [0.15, 0.2) is 5.13 Å². The predicted molar refractivity (Wildman–Crippen MR) is 69.7 cm³/mol. The van der Waals surface area contributed by atoms with Crippen LogP contribution in [0.25, 0.3) is 0 Å². The summed E-state index contributed by atoms with van der Waals surface area (Å²) >= 11 is 7.36. The SMILES string of the molecule is OCCN(c1nc(Cl)c(CO)s1)C1CCCC1. The van der Waals surface area contributed by atoms with Crippen LogP contribution in [0.15, 0.2) is 0 Å². The largest absolute Gasteiger partial charge is 0.395 e. The molecule has 4 nitrogen and oxygen atoms in total. The van der Waals surface area contributed by atoms with Crippen molar-refractivity contribution in [3.63, 3.8) is 0 Å². The summed E-state index contributed by atoms with van der Waals surface area (Å²) in [6.07, 6.45) is 4.76. The second kappa shape index (κ2) is 6.00. The van der Waals surface area contributed by atoms with Crippen LogP contribution < -0.4 is 4.90 Å². The van der Waals surface area contributed by atoms with Crippen molar-refractivity contribution in [2.45, 2.75) is 38.3 Å². The van der Waals surface area contributed by atoms with Crippen LogP contribution in [-0.2, 0) is 6.61 Å². The highest BCUT2D eigenvalue weighted by Crippen LogP contribution is 2.34. The zero-order chi connectivity index (χ0) is 12.3. The molecule has 96 valence electrons. The van der Waals surface area contributed by atoms with Crippen LogP contribution in [0.3, 0.4) is 0 Å². The number of aliphatic hydroxyl groups is 2. The van der Waals surface area contributed by atoms with Gasteiger partial charge in [0, 0.05) is 12.6 Å². The highest BCUT2D eigenvalue weighted by atomic mass is 35.5. The number of halogens is 1. The Morgan fingerprint density at radius 2 is 2.06 bits per heavy atom. The molecule has 1 aromatic heterocycles. The third-order valence-electron chi connectivity index (χ3n) is 3.13. The maximum atomic E-state index is 9.14. The summed E-state index contributed by atoms with van der Waals surface area (Å²) in [6.45, 7) is 0.621. The Kier molecular flexibility index (Phi) is 4.62. The Balaban J connectivity index is 2.18. The van der Waals surface area contributed by atoms with Gasteiger partial charge in [0.1, 0.15) is 5.15 Å². The van der Waals surface area contributed by atoms with Crippen molar-refractivity contribution in [1.82, 2.24) is 4.98 Å². The van der Waals surface area contributed by atoms with E-state index in [0.717, 1.165) is 18.0 Å². The molecular weight excluding hydrogens is 260 g/mol. The van der Waals surface area contributed by atoms with Crippen molar-refractivity contribution in [3.05, 3.63) is 10.0 Å². The molecule has 0 atom stereocenters. The molecule has 0 saturated heterocycles. The normalized spacial score (nSPS) is 16.6. The van der Waals surface area contributed by atoms with Gasteiger partial charge in [0.05, 0.1) is 18.1 Å². The number of anilines is 1. The lowest BCUT2D eigenvalue weighted by atomic mass is 10.2. The minimum atomic E-state index is -0.0753. The van der Waals surface area contributed by atoms with Crippen LogP contribution in [0.1, 0.15) is 30.6 Å². The first kappa shape index (κ1) is 13.1. The van der Waals surface area contributed by atoms with Crippen molar-refractivity contribution in [2.75, 3.05) is 18.1 Å². The van der Waals surface area contributed by atoms with Crippen LogP contribution in [0.5, 0.6) is 0 Å². The second-order valence-corrected chi connectivity index (χ2v) is 5.64. The van der Waals surface area contributed by atoms with Gasteiger partial charge in [-0.25, -0.2) is 4.98 Å². The molecule has 1 aromatic rings. The summed E-state index contributed by atoms with van der Waals surface area (Å²) in [7, 11) is 0. The van der Waals surface area contributed by atoms with Gasteiger partial charge in [0.25, 0.3) is 0 Å². The first-order valence-electron chi connectivity index (χ1n) is 5.89. The van der Waals surface area contributed by atoms with E-state index >= 15 is 0 Å². The van der Waals surface area contributed by atoms with Crippen LogP contribution in [0, 0.1) is 0 Å². The van der Waals surface area contributed by atoms with Gasteiger partial charge in [-0.1, -0.05) is 35.8 Å². The van der Waals surface area contributed by atoms with Gasteiger partial charge in [0.2, 0.25) is 0 Å². The summed E-state index contributed by atoms with van der Waals surface area (Å²) in [6, 6.07) is 0.455. The third-order valence-corrected chi connectivity index (χ3v) is 4.64. The average Bonchev–Trinajstić information content (AvgIpc) is 2.95. The van der Waals surface area contributed by atoms with E-state index in [1.165, 1.54) is 24.2 Å². The monoisotopic (exact) mass is 276 g/mol. The van der Waals surface area contributed by atoms with Crippen LogP contribution in [0.4, 0.5) is 5.13 Å². The van der Waals surface area contributed by atoms with Crippen LogP contribution in [0.2, 0.25) is 5.15 Å². The standard InChI is InChI=1S/C11H17ClN2O2S/c12-10-9(7-16)17-11(13-10)14(5-6-15)8-3-1-2-4-8/h8,15-16H,1-7H2. The van der Waals surface area contributed by atoms with E-state index < -0.39 is 0 Å². The lowest BCUT2D eigenvalue weighted by Crippen LogP contribution is -2.35. The molecule has 1 aliphatic rings. The number of rotatable bonds is 5. The predicted octanol–water partition coefficient (Wildman–Crippen LogP) is 2.03. The van der Waals surface area contributed by atoms with Gasteiger partial charge >= 0.3 is 0 Å². The number of thiazole rings is 1. The second-order valence-electron chi connectivity index (χ2n) is 4.22. The molecule has 1 aliphatic carbocycles. The summed E-state index contributed by atoms with van der Waals surface area (Å²) < 4.78 is 0. The van der Waals surface area contributed by atoms with Crippen molar-refractivity contribution >= 4 is 28.1 Å². The third kappa shape index (κ3) is 2.91. The van der Waals surface area contributed by atoms with Crippen molar-refractivity contribution in [1.29, 1.82) is 0 Å². The van der Waals surface area contributed by atoms with Gasteiger partial charge in [-0.15, -0.1) is 0 Å². The zero-order valence-electron chi connectivity index (χ0n) is 9.60. The van der Waals surface area contributed by atoms with Crippen LogP contribution in [-0.4, -0.2) is 34.4 Å². The molecular formula is C11H17ClN2O2S. The van der Waals surface area contributed by atoms with E-state index in [1.807, 2.05) is 0 Å². The van der Waals surface area contributed by atoms with E-state index in [4.69, 9.17) is 21.8 Å². The lowest BCUT2D eigenvalue weighted by Gasteiger charge is -2.27. The topological polar surface area (TPSA) is 56.6 Å². The summed E-state index contributed by atoms with van der Waals surface area (Å²) in [5.41, 5.74) is 0. The first-order valence-corrected chi connectivity index (χ1v) is 7.09. The van der Waals surface area contributed by atoms with E-state index in [0.29, 0.717) is 22.6 Å². The Morgan fingerprint density at radius 1 is 1.35 bits per heavy atom. The minimum absolute atomic E-state index is 0.0753. The zero-order valence-corrected chi connectivity index (χ0v) is 11.2. The fourth-order valence-electron chi connectivity index (χ4n) is 2.30. The van der Waals surface area contributed by atoms with Crippen molar-refractivity contribution in [2.24, 2.45) is 0 Å². The quantitative estimate of drug-likeness (QED) is 0.864. The Labute approximate surface area is 110 Å². The van der Waals surface area contributed by atoms with Crippen molar-refractivity contribution in [3.8, 4) is 0 Å². The number of aliphatic hydroxyl groups excluding tert-OH is 2. The van der Waals surface area contributed by atoms with Gasteiger partial charge in [-0.3, -0.25) is 0 Å². The van der Waals surface area contributed by atoms with Crippen molar-refractivity contribution < 1.29 is 10.2 Å². The van der Waals surface area contributed by atoms with Gasteiger partial charge < -0.3 is 15.1 Å². The van der Waals surface area contributed by atoms with E-state index in [2.05, 4.69) is 9.88 Å². The minimum Gasteiger partial charge on any atom is -0.395 e. The molecule has 0 unspecified atom stereocenters. The molecule has 2 rings (SSSR count). The van der Waals surface area contributed by atoms with Gasteiger partial charge in [-0.05, 0) is 12.8 Å². The summed E-state index contributed by atoms with van der Waals surface area (Å²) in [5, 5.41) is 19.5. The average molecular weight is 277 g/mol. The molecule has 1 fully saturated rings. The Morgan fingerprint density at radius 3 is 2.59 bits per heavy atom. The highest BCUT2D eigenvalue weighted by molar-refractivity contribution is 7.16. The van der Waals surface area contributed by atoms with E-state index in [9.17, 15) is 0 Å². The fourth-order valence-corrected chi connectivity index (χ4v) is 3.51. The molecule has 1 heterocycles. The van der Waals surface area contributed by atoms with Gasteiger partial charge in [-0.2, -0.15) is 0 Å². The Bertz CT molecular complexity index is 366. The number of aromatic nitrogens is 1. The smallest absolute Gasteiger partial charge is 0.187 e. The molecule has 0 spiro atoms. The molecule has 0 radical (unpaired) electrons. The fraction of sp³-hybridized carbons (Fsp3) is 0.727. The summed E-state index contributed by atoms with van der Waals surface area (Å²) in [5.74, 6) is 0. The number of nitrogens with zero attached hydrogens (tertiary/aromatic N) is 2. The molecule has 0 aromatic carbocycles. The molecule has 0 bridgehead atoms. The number of hydrogen-bond donors (Lipinski definition) is 2. The maximum absolute atomic E-state index is 9.14. The van der Waals surface area contributed by atoms with Crippen LogP contribution >= 0.6 is 22.9 Å². The van der Waals surface area contributed by atoms with E-state index in [-0.39, 0.29) is 13.2 Å². The molecule has 0 amide bonds. The molecule has 2 N–H and O–H groups in total. The maximum Gasteiger partial charge on any atom is 0.187 e. The lowest BCUT2D eigenvalue weighted by molar-refractivity contribution is 0.285. The van der Waals surface area contributed by atoms with E-state index in [1.54, 1.807) is 0 Å². The highest BCUT2D eigenvalue weighted by Gasteiger charge is 2.25. The molecule has 17 heavy (non-hydrogen) atoms. The first-order chi connectivity index (χ1) is 8.26.